The largest absolute Gasteiger partial charge is 0.504 e. The monoisotopic (exact) mass is 204 g/mol. The van der Waals surface area contributed by atoms with Crippen LogP contribution >= 0.6 is 12.4 Å². The van der Waals surface area contributed by atoms with E-state index in [9.17, 15) is 4.79 Å². The normalized spacial score (nSPS) is 8.69. The SMILES string of the molecule is COc1cc(C(=O)O)ccc1O.Cl. The summed E-state index contributed by atoms with van der Waals surface area (Å²) in [5, 5.41) is 17.7. The molecule has 1 aromatic carbocycles. The average Bonchev–Trinajstić information content (AvgIpc) is 2.05. The summed E-state index contributed by atoms with van der Waals surface area (Å²) in [6, 6.07) is 3.85. The highest BCUT2D eigenvalue weighted by Gasteiger charge is 2.06. The first-order valence-electron chi connectivity index (χ1n) is 3.25. The summed E-state index contributed by atoms with van der Waals surface area (Å²) in [4.78, 5) is 10.4. The Labute approximate surface area is 81.2 Å². The Bertz CT molecular complexity index is 311. The standard InChI is InChI=1S/C8H8O4.ClH/c1-12-7-4-5(8(10)11)2-3-6(7)9;/h2-4,9H,1H3,(H,10,11);1H. The highest BCUT2D eigenvalue weighted by molar-refractivity contribution is 5.88. The second kappa shape index (κ2) is 4.57. The van der Waals surface area contributed by atoms with Gasteiger partial charge >= 0.3 is 5.97 Å². The van der Waals surface area contributed by atoms with Gasteiger partial charge in [0.15, 0.2) is 11.5 Å². The number of halogens is 1. The molecular formula is C8H9ClO4. The summed E-state index contributed by atoms with van der Waals surface area (Å²) < 4.78 is 4.72. The van der Waals surface area contributed by atoms with Crippen LogP contribution in [0.3, 0.4) is 0 Å². The van der Waals surface area contributed by atoms with Crippen LogP contribution in [0, 0.1) is 0 Å². The molecule has 0 aliphatic rings. The van der Waals surface area contributed by atoms with Crippen molar-refractivity contribution in [3.8, 4) is 11.5 Å². The molecule has 0 saturated carbocycles. The zero-order valence-electron chi connectivity index (χ0n) is 6.85. The fourth-order valence-electron chi connectivity index (χ4n) is 0.811. The number of benzene rings is 1. The van der Waals surface area contributed by atoms with E-state index in [-0.39, 0.29) is 29.5 Å². The van der Waals surface area contributed by atoms with Crippen LogP contribution in [0.25, 0.3) is 0 Å². The molecule has 0 atom stereocenters. The van der Waals surface area contributed by atoms with Gasteiger partial charge in [0.1, 0.15) is 0 Å². The smallest absolute Gasteiger partial charge is 0.335 e. The Morgan fingerprint density at radius 1 is 1.46 bits per heavy atom. The molecule has 4 nitrogen and oxygen atoms in total. The van der Waals surface area contributed by atoms with Crippen molar-refractivity contribution >= 4 is 18.4 Å². The van der Waals surface area contributed by atoms with Crippen molar-refractivity contribution in [3.63, 3.8) is 0 Å². The van der Waals surface area contributed by atoms with E-state index in [2.05, 4.69) is 0 Å². The van der Waals surface area contributed by atoms with Crippen LogP contribution in [0.4, 0.5) is 0 Å². The fraction of sp³-hybridized carbons (Fsp3) is 0.125. The Balaban J connectivity index is 0.00000144. The van der Waals surface area contributed by atoms with E-state index in [0.717, 1.165) is 0 Å². The molecular weight excluding hydrogens is 196 g/mol. The molecule has 0 amide bonds. The minimum absolute atomic E-state index is 0. The van der Waals surface area contributed by atoms with Gasteiger partial charge in [-0.05, 0) is 18.2 Å². The number of phenols is 1. The van der Waals surface area contributed by atoms with Crippen LogP contribution in [-0.4, -0.2) is 23.3 Å². The summed E-state index contributed by atoms with van der Waals surface area (Å²) in [6.45, 7) is 0. The van der Waals surface area contributed by atoms with E-state index < -0.39 is 5.97 Å². The lowest BCUT2D eigenvalue weighted by atomic mass is 10.2. The number of aromatic hydroxyl groups is 1. The number of aromatic carboxylic acids is 1. The molecule has 5 heteroatoms. The molecule has 72 valence electrons. The molecule has 1 aromatic rings. The molecule has 2 N–H and O–H groups in total. The summed E-state index contributed by atoms with van der Waals surface area (Å²) in [7, 11) is 1.36. The van der Waals surface area contributed by atoms with E-state index in [4.69, 9.17) is 14.9 Å². The molecule has 0 fully saturated rings. The molecule has 0 heterocycles. The van der Waals surface area contributed by atoms with Gasteiger partial charge < -0.3 is 14.9 Å². The lowest BCUT2D eigenvalue weighted by Crippen LogP contribution is -1.96. The lowest BCUT2D eigenvalue weighted by Gasteiger charge is -2.02. The molecule has 0 aliphatic carbocycles. The molecule has 0 bridgehead atoms. The number of carboxylic acids is 1. The second-order valence-electron chi connectivity index (χ2n) is 2.19. The molecule has 0 spiro atoms. The Kier molecular flexibility index (Phi) is 4.07. The van der Waals surface area contributed by atoms with Gasteiger partial charge in [0.2, 0.25) is 0 Å². The summed E-state index contributed by atoms with van der Waals surface area (Å²) in [5.74, 6) is -0.953. The van der Waals surface area contributed by atoms with Gasteiger partial charge in [-0.25, -0.2) is 4.79 Å². The van der Waals surface area contributed by atoms with E-state index >= 15 is 0 Å². The first-order valence-corrected chi connectivity index (χ1v) is 3.25. The molecule has 0 saturated heterocycles. The third-order valence-electron chi connectivity index (χ3n) is 1.43. The fourth-order valence-corrected chi connectivity index (χ4v) is 0.811. The second-order valence-corrected chi connectivity index (χ2v) is 2.19. The number of carboxylic acid groups (broad SMARTS) is 1. The number of rotatable bonds is 2. The van der Waals surface area contributed by atoms with Gasteiger partial charge in [0.25, 0.3) is 0 Å². The zero-order chi connectivity index (χ0) is 9.14. The molecule has 0 unspecified atom stereocenters. The maximum absolute atomic E-state index is 10.4. The number of carbonyl (C=O) groups is 1. The van der Waals surface area contributed by atoms with Crippen LogP contribution in [-0.2, 0) is 0 Å². The topological polar surface area (TPSA) is 66.8 Å². The van der Waals surface area contributed by atoms with Crippen LogP contribution < -0.4 is 4.74 Å². The summed E-state index contributed by atoms with van der Waals surface area (Å²) >= 11 is 0. The van der Waals surface area contributed by atoms with Gasteiger partial charge in [0.05, 0.1) is 12.7 Å². The van der Waals surface area contributed by atoms with Gasteiger partial charge in [0, 0.05) is 0 Å². The van der Waals surface area contributed by atoms with Crippen molar-refractivity contribution in [2.24, 2.45) is 0 Å². The number of hydrogen-bond donors (Lipinski definition) is 2. The van der Waals surface area contributed by atoms with Gasteiger partial charge in [-0.15, -0.1) is 12.4 Å². The van der Waals surface area contributed by atoms with Crippen LogP contribution in [0.2, 0.25) is 0 Å². The van der Waals surface area contributed by atoms with Crippen molar-refractivity contribution in [2.45, 2.75) is 0 Å². The van der Waals surface area contributed by atoms with E-state index in [1.54, 1.807) is 0 Å². The van der Waals surface area contributed by atoms with Gasteiger partial charge in [-0.1, -0.05) is 0 Å². The van der Waals surface area contributed by atoms with Crippen molar-refractivity contribution < 1.29 is 19.7 Å². The average molecular weight is 205 g/mol. The predicted octanol–water partition coefficient (Wildman–Crippen LogP) is 1.52. The van der Waals surface area contributed by atoms with Crippen LogP contribution in [0.5, 0.6) is 11.5 Å². The van der Waals surface area contributed by atoms with E-state index in [1.165, 1.54) is 25.3 Å². The maximum atomic E-state index is 10.4. The van der Waals surface area contributed by atoms with Crippen LogP contribution in [0.1, 0.15) is 10.4 Å². The molecule has 0 aliphatic heterocycles. The van der Waals surface area contributed by atoms with Crippen molar-refractivity contribution in [3.05, 3.63) is 23.8 Å². The van der Waals surface area contributed by atoms with Gasteiger partial charge in [-0.3, -0.25) is 0 Å². The highest BCUT2D eigenvalue weighted by Crippen LogP contribution is 2.25. The minimum atomic E-state index is -1.05. The molecule has 13 heavy (non-hydrogen) atoms. The first-order chi connectivity index (χ1) is 5.65. The van der Waals surface area contributed by atoms with E-state index in [1.807, 2.05) is 0 Å². The maximum Gasteiger partial charge on any atom is 0.335 e. The molecule has 0 aromatic heterocycles. The van der Waals surface area contributed by atoms with Crippen molar-refractivity contribution in [2.75, 3.05) is 7.11 Å². The first kappa shape index (κ1) is 11.6. The Hall–Kier alpha value is -1.42. The Morgan fingerprint density at radius 2 is 2.08 bits per heavy atom. The third-order valence-corrected chi connectivity index (χ3v) is 1.43. The molecule has 0 radical (unpaired) electrons. The zero-order valence-corrected chi connectivity index (χ0v) is 7.67. The number of ether oxygens (including phenoxy) is 1. The van der Waals surface area contributed by atoms with Gasteiger partial charge in [-0.2, -0.15) is 0 Å². The third kappa shape index (κ3) is 2.52. The number of phenolic OH excluding ortho intramolecular Hbond substituents is 1. The number of hydrogen-bond acceptors (Lipinski definition) is 3. The van der Waals surface area contributed by atoms with E-state index in [0.29, 0.717) is 0 Å². The van der Waals surface area contributed by atoms with Crippen LogP contribution in [0.15, 0.2) is 18.2 Å². The van der Waals surface area contributed by atoms with Crippen molar-refractivity contribution in [1.82, 2.24) is 0 Å². The lowest BCUT2D eigenvalue weighted by molar-refractivity contribution is 0.0696. The summed E-state index contributed by atoms with van der Waals surface area (Å²) in [6.07, 6.45) is 0. The minimum Gasteiger partial charge on any atom is -0.504 e. The highest BCUT2D eigenvalue weighted by atomic mass is 35.5. The van der Waals surface area contributed by atoms with Crippen molar-refractivity contribution in [1.29, 1.82) is 0 Å². The Morgan fingerprint density at radius 3 is 2.54 bits per heavy atom. The summed E-state index contributed by atoms with van der Waals surface area (Å²) in [5.41, 5.74) is 0.0876. The predicted molar refractivity (Wildman–Crippen MR) is 48.9 cm³/mol. The number of methoxy groups -OCH3 is 1. The molecule has 1 rings (SSSR count). The quantitative estimate of drug-likeness (QED) is 0.767.